The minimum absolute atomic E-state index is 1.03. The van der Waals surface area contributed by atoms with E-state index in [-0.39, 0.29) is 0 Å². The molecule has 0 atom stereocenters. The van der Waals surface area contributed by atoms with E-state index in [0.29, 0.717) is 0 Å². The topological polar surface area (TPSA) is 15.3 Å². The van der Waals surface area contributed by atoms with Crippen LogP contribution in [0.4, 0.5) is 11.4 Å². The largest absolute Gasteiger partial charge is 0.388 e. The summed E-state index contributed by atoms with van der Waals surface area (Å²) in [5.74, 6) is 0. The highest BCUT2D eigenvalue weighted by molar-refractivity contribution is 5.54. The van der Waals surface area contributed by atoms with Crippen LogP contribution in [0.5, 0.6) is 0 Å². The summed E-state index contributed by atoms with van der Waals surface area (Å²) in [6, 6.07) is 15.3. The Morgan fingerprint density at radius 3 is 2.30 bits per heavy atom. The zero-order valence-corrected chi connectivity index (χ0v) is 12.9. The molecule has 0 aromatic heterocycles. The molecular formula is C18H24N2. The van der Waals surface area contributed by atoms with Crippen LogP contribution in [0.1, 0.15) is 16.7 Å². The van der Waals surface area contributed by atoms with E-state index in [1.807, 2.05) is 7.05 Å². The fourth-order valence-electron chi connectivity index (χ4n) is 2.43. The number of rotatable bonds is 5. The van der Waals surface area contributed by atoms with E-state index in [2.05, 4.69) is 73.6 Å². The Balaban J connectivity index is 1.98. The van der Waals surface area contributed by atoms with Gasteiger partial charge in [-0.15, -0.1) is 0 Å². The second kappa shape index (κ2) is 6.47. The molecule has 0 saturated carbocycles. The SMILES string of the molecule is CNc1ccc(N(C)CCc2ccc(C)cc2C)cc1. The summed E-state index contributed by atoms with van der Waals surface area (Å²) in [4.78, 5) is 2.30. The standard InChI is InChI=1S/C18H24N2/c1-14-5-6-16(15(2)13-14)11-12-20(4)18-9-7-17(19-3)8-10-18/h5-10,13,19H,11-12H2,1-4H3. The van der Waals surface area contributed by atoms with Crippen molar-refractivity contribution in [1.82, 2.24) is 0 Å². The van der Waals surface area contributed by atoms with Crippen molar-refractivity contribution in [3.8, 4) is 0 Å². The number of aryl methyl sites for hydroxylation is 2. The predicted molar refractivity (Wildman–Crippen MR) is 88.9 cm³/mol. The van der Waals surface area contributed by atoms with Gasteiger partial charge in [-0.05, 0) is 55.7 Å². The van der Waals surface area contributed by atoms with E-state index >= 15 is 0 Å². The van der Waals surface area contributed by atoms with Gasteiger partial charge in [0.2, 0.25) is 0 Å². The number of nitrogens with one attached hydrogen (secondary N) is 1. The zero-order chi connectivity index (χ0) is 14.5. The second-order valence-electron chi connectivity index (χ2n) is 5.40. The van der Waals surface area contributed by atoms with Crippen LogP contribution in [-0.2, 0) is 6.42 Å². The van der Waals surface area contributed by atoms with E-state index in [1.165, 1.54) is 22.4 Å². The van der Waals surface area contributed by atoms with E-state index in [4.69, 9.17) is 0 Å². The molecule has 0 aliphatic carbocycles. The minimum atomic E-state index is 1.03. The van der Waals surface area contributed by atoms with Crippen molar-refractivity contribution in [2.24, 2.45) is 0 Å². The van der Waals surface area contributed by atoms with Crippen molar-refractivity contribution in [2.45, 2.75) is 20.3 Å². The molecule has 0 spiro atoms. The highest BCUT2D eigenvalue weighted by Crippen LogP contribution is 2.18. The van der Waals surface area contributed by atoms with E-state index in [1.54, 1.807) is 0 Å². The molecule has 0 radical (unpaired) electrons. The molecular weight excluding hydrogens is 244 g/mol. The first kappa shape index (κ1) is 14.4. The lowest BCUT2D eigenvalue weighted by atomic mass is 10.0. The Labute approximate surface area is 122 Å². The summed E-state index contributed by atoms with van der Waals surface area (Å²) < 4.78 is 0. The van der Waals surface area contributed by atoms with Gasteiger partial charge in [0.05, 0.1) is 0 Å². The number of benzene rings is 2. The third-order valence-electron chi connectivity index (χ3n) is 3.81. The van der Waals surface area contributed by atoms with Gasteiger partial charge in [-0.25, -0.2) is 0 Å². The maximum Gasteiger partial charge on any atom is 0.0365 e. The Morgan fingerprint density at radius 1 is 1.00 bits per heavy atom. The average Bonchev–Trinajstić information content (AvgIpc) is 2.46. The summed E-state index contributed by atoms with van der Waals surface area (Å²) in [6.07, 6.45) is 1.08. The third-order valence-corrected chi connectivity index (χ3v) is 3.81. The minimum Gasteiger partial charge on any atom is -0.388 e. The number of nitrogens with zero attached hydrogens (tertiary/aromatic N) is 1. The number of anilines is 2. The van der Waals surface area contributed by atoms with Gasteiger partial charge in [0.1, 0.15) is 0 Å². The fraction of sp³-hybridized carbons (Fsp3) is 0.333. The van der Waals surface area contributed by atoms with E-state index < -0.39 is 0 Å². The molecule has 0 aliphatic rings. The van der Waals surface area contributed by atoms with Crippen LogP contribution in [0.2, 0.25) is 0 Å². The van der Waals surface area contributed by atoms with Crippen LogP contribution in [0.25, 0.3) is 0 Å². The van der Waals surface area contributed by atoms with Gasteiger partial charge in [0.25, 0.3) is 0 Å². The highest BCUT2D eigenvalue weighted by atomic mass is 15.1. The highest BCUT2D eigenvalue weighted by Gasteiger charge is 2.03. The Bertz CT molecular complexity index is 558. The molecule has 2 heteroatoms. The van der Waals surface area contributed by atoms with Crippen LogP contribution in [0.3, 0.4) is 0 Å². The molecule has 0 saturated heterocycles. The summed E-state index contributed by atoms with van der Waals surface area (Å²) >= 11 is 0. The van der Waals surface area contributed by atoms with E-state index in [0.717, 1.165) is 18.7 Å². The maximum atomic E-state index is 3.15. The lowest BCUT2D eigenvalue weighted by molar-refractivity contribution is 0.871. The number of hydrogen-bond acceptors (Lipinski definition) is 2. The van der Waals surface area contributed by atoms with Crippen LogP contribution >= 0.6 is 0 Å². The van der Waals surface area contributed by atoms with Crippen LogP contribution in [0.15, 0.2) is 42.5 Å². The Morgan fingerprint density at radius 2 is 1.70 bits per heavy atom. The first-order chi connectivity index (χ1) is 9.60. The van der Waals surface area contributed by atoms with Crippen molar-refractivity contribution < 1.29 is 0 Å². The van der Waals surface area contributed by atoms with Crippen molar-refractivity contribution in [1.29, 1.82) is 0 Å². The molecule has 0 aliphatic heterocycles. The van der Waals surface area contributed by atoms with Gasteiger partial charge in [0.15, 0.2) is 0 Å². The van der Waals surface area contributed by atoms with Gasteiger partial charge in [-0.1, -0.05) is 23.8 Å². The molecule has 2 aromatic carbocycles. The molecule has 0 fully saturated rings. The van der Waals surface area contributed by atoms with Gasteiger partial charge < -0.3 is 10.2 Å². The van der Waals surface area contributed by atoms with Crippen molar-refractivity contribution in [3.05, 3.63) is 59.2 Å². The molecule has 2 nitrogen and oxygen atoms in total. The molecule has 2 aromatic rings. The molecule has 0 heterocycles. The molecule has 20 heavy (non-hydrogen) atoms. The Kier molecular flexibility index (Phi) is 4.67. The third kappa shape index (κ3) is 3.53. The molecule has 1 N–H and O–H groups in total. The van der Waals surface area contributed by atoms with Crippen molar-refractivity contribution >= 4 is 11.4 Å². The van der Waals surface area contributed by atoms with Crippen molar-refractivity contribution in [3.63, 3.8) is 0 Å². The Hall–Kier alpha value is -1.96. The maximum absolute atomic E-state index is 3.15. The summed E-state index contributed by atoms with van der Waals surface area (Å²) in [6.45, 7) is 5.37. The quantitative estimate of drug-likeness (QED) is 0.881. The predicted octanol–water partition coefficient (Wildman–Crippen LogP) is 4.02. The fourth-order valence-corrected chi connectivity index (χ4v) is 2.43. The first-order valence-corrected chi connectivity index (χ1v) is 7.15. The lowest BCUT2D eigenvalue weighted by Gasteiger charge is -2.20. The number of hydrogen-bond donors (Lipinski definition) is 1. The molecule has 0 bridgehead atoms. The average molecular weight is 268 g/mol. The van der Waals surface area contributed by atoms with Crippen LogP contribution in [-0.4, -0.2) is 20.6 Å². The summed E-state index contributed by atoms with van der Waals surface area (Å²) in [7, 11) is 4.09. The molecule has 2 rings (SSSR count). The van der Waals surface area contributed by atoms with Gasteiger partial charge in [-0.2, -0.15) is 0 Å². The van der Waals surface area contributed by atoms with Crippen LogP contribution in [0, 0.1) is 13.8 Å². The van der Waals surface area contributed by atoms with Gasteiger partial charge in [-0.3, -0.25) is 0 Å². The zero-order valence-electron chi connectivity index (χ0n) is 12.9. The van der Waals surface area contributed by atoms with Crippen LogP contribution < -0.4 is 10.2 Å². The summed E-state index contributed by atoms with van der Waals surface area (Å²) in [5, 5.41) is 3.15. The monoisotopic (exact) mass is 268 g/mol. The first-order valence-electron chi connectivity index (χ1n) is 7.15. The van der Waals surface area contributed by atoms with E-state index in [9.17, 15) is 0 Å². The molecule has 106 valence electrons. The summed E-state index contributed by atoms with van der Waals surface area (Å²) in [5.41, 5.74) is 6.57. The second-order valence-corrected chi connectivity index (χ2v) is 5.40. The normalized spacial score (nSPS) is 10.4. The number of likely N-dealkylation sites (N-methyl/N-ethyl adjacent to an activating group) is 1. The van der Waals surface area contributed by atoms with Crippen molar-refractivity contribution in [2.75, 3.05) is 30.9 Å². The molecule has 0 amide bonds. The van der Waals surface area contributed by atoms with Gasteiger partial charge in [0, 0.05) is 32.0 Å². The van der Waals surface area contributed by atoms with Gasteiger partial charge >= 0.3 is 0 Å². The lowest BCUT2D eigenvalue weighted by Crippen LogP contribution is -2.20. The molecule has 0 unspecified atom stereocenters. The smallest absolute Gasteiger partial charge is 0.0365 e.